The number of carboxylic acid groups (broad SMARTS) is 1. The van der Waals surface area contributed by atoms with Crippen molar-refractivity contribution >= 4 is 11.7 Å². The minimum atomic E-state index is -2.49. The van der Waals surface area contributed by atoms with Gasteiger partial charge >= 0.3 is 12.3 Å². The molecule has 0 fully saturated rings. The van der Waals surface area contributed by atoms with Crippen molar-refractivity contribution in [2.45, 2.75) is 20.2 Å². The number of rotatable bonds is 4. The summed E-state index contributed by atoms with van der Waals surface area (Å²) in [6.45, 7) is 2.93. The minimum absolute atomic E-state index is 0.0250. The Morgan fingerprint density at radius 1 is 1.47 bits per heavy atom. The van der Waals surface area contributed by atoms with Crippen LogP contribution in [0.15, 0.2) is 12.1 Å². The summed E-state index contributed by atoms with van der Waals surface area (Å²) in [5, 5.41) is 19.0. The van der Waals surface area contributed by atoms with E-state index < -0.39 is 17.3 Å². The average molecular weight is 243 g/mol. The van der Waals surface area contributed by atoms with Crippen LogP contribution in [0.25, 0.3) is 0 Å². The zero-order valence-corrected chi connectivity index (χ0v) is 9.14. The SMILES string of the molecule is Cc1cc([N+](=O)[O-])c(C)cc1OC(F)C(=O)O. The molecule has 1 atom stereocenters. The van der Waals surface area contributed by atoms with E-state index >= 15 is 0 Å². The molecule has 0 saturated carbocycles. The molecule has 0 spiro atoms. The number of nitro benzene ring substituents is 1. The molecular weight excluding hydrogens is 233 g/mol. The van der Waals surface area contributed by atoms with E-state index in [9.17, 15) is 19.3 Å². The van der Waals surface area contributed by atoms with Gasteiger partial charge in [0.05, 0.1) is 4.92 Å². The molecule has 92 valence electrons. The first-order valence-electron chi connectivity index (χ1n) is 4.62. The first-order chi connectivity index (χ1) is 7.82. The summed E-state index contributed by atoms with van der Waals surface area (Å²) < 4.78 is 17.4. The third-order valence-electron chi connectivity index (χ3n) is 2.11. The third kappa shape index (κ3) is 2.90. The fourth-order valence-corrected chi connectivity index (χ4v) is 1.26. The molecule has 0 aliphatic rings. The molecule has 1 N–H and O–H groups in total. The lowest BCUT2D eigenvalue weighted by Gasteiger charge is -2.11. The van der Waals surface area contributed by atoms with Gasteiger partial charge in [0, 0.05) is 11.6 Å². The maximum absolute atomic E-state index is 12.8. The Labute approximate surface area is 95.8 Å². The van der Waals surface area contributed by atoms with Crippen LogP contribution in [0, 0.1) is 24.0 Å². The summed E-state index contributed by atoms with van der Waals surface area (Å²) in [6, 6.07) is 2.45. The summed E-state index contributed by atoms with van der Waals surface area (Å²) in [7, 11) is 0. The number of carboxylic acids is 1. The van der Waals surface area contributed by atoms with Gasteiger partial charge in [0.2, 0.25) is 0 Å². The first kappa shape index (κ1) is 12.9. The quantitative estimate of drug-likeness (QED) is 0.645. The summed E-state index contributed by atoms with van der Waals surface area (Å²) >= 11 is 0. The van der Waals surface area contributed by atoms with Crippen LogP contribution in [0.1, 0.15) is 11.1 Å². The topological polar surface area (TPSA) is 89.7 Å². The van der Waals surface area contributed by atoms with Gasteiger partial charge in [0.1, 0.15) is 5.75 Å². The smallest absolute Gasteiger partial charge is 0.378 e. The average Bonchev–Trinajstić information content (AvgIpc) is 2.22. The van der Waals surface area contributed by atoms with Crippen molar-refractivity contribution in [3.05, 3.63) is 33.4 Å². The minimum Gasteiger partial charge on any atom is -0.476 e. The highest BCUT2D eigenvalue weighted by Gasteiger charge is 2.20. The second-order valence-electron chi connectivity index (χ2n) is 3.43. The van der Waals surface area contributed by atoms with Crippen LogP contribution in [-0.4, -0.2) is 22.4 Å². The molecule has 6 nitrogen and oxygen atoms in total. The molecule has 0 aromatic heterocycles. The second-order valence-corrected chi connectivity index (χ2v) is 3.43. The van der Waals surface area contributed by atoms with Gasteiger partial charge in [-0.05, 0) is 25.5 Å². The van der Waals surface area contributed by atoms with Gasteiger partial charge in [-0.2, -0.15) is 4.39 Å². The van der Waals surface area contributed by atoms with Gasteiger partial charge < -0.3 is 9.84 Å². The Bertz CT molecular complexity index is 474. The van der Waals surface area contributed by atoms with E-state index in [0.717, 1.165) is 0 Å². The molecule has 0 bridgehead atoms. The number of hydrogen-bond donors (Lipinski definition) is 1. The van der Waals surface area contributed by atoms with Crippen LogP contribution in [-0.2, 0) is 4.79 Å². The largest absolute Gasteiger partial charge is 0.476 e. The summed E-state index contributed by atoms with van der Waals surface area (Å²) in [5.74, 6) is -1.77. The maximum Gasteiger partial charge on any atom is 0.378 e. The van der Waals surface area contributed by atoms with Crippen molar-refractivity contribution in [3.63, 3.8) is 0 Å². The van der Waals surface area contributed by atoms with Crippen molar-refractivity contribution in [2.24, 2.45) is 0 Å². The molecule has 1 unspecified atom stereocenters. The van der Waals surface area contributed by atoms with E-state index in [4.69, 9.17) is 5.11 Å². The number of nitrogens with zero attached hydrogens (tertiary/aromatic N) is 1. The molecule has 0 amide bonds. The molecule has 0 aliphatic heterocycles. The van der Waals surface area contributed by atoms with Crippen molar-refractivity contribution in [3.8, 4) is 5.75 Å². The van der Waals surface area contributed by atoms with Crippen LogP contribution in [0.3, 0.4) is 0 Å². The van der Waals surface area contributed by atoms with Gasteiger partial charge in [-0.1, -0.05) is 0 Å². The third-order valence-corrected chi connectivity index (χ3v) is 2.11. The summed E-state index contributed by atoms with van der Waals surface area (Å²) in [4.78, 5) is 20.3. The van der Waals surface area contributed by atoms with Crippen LogP contribution in [0.4, 0.5) is 10.1 Å². The lowest BCUT2D eigenvalue weighted by molar-refractivity contribution is -0.385. The number of hydrogen-bond acceptors (Lipinski definition) is 4. The Morgan fingerprint density at radius 2 is 2.06 bits per heavy atom. The fraction of sp³-hybridized carbons (Fsp3) is 0.300. The van der Waals surface area contributed by atoms with Crippen LogP contribution < -0.4 is 4.74 Å². The van der Waals surface area contributed by atoms with Gasteiger partial charge in [0.15, 0.2) is 0 Å². The molecule has 0 radical (unpaired) electrons. The maximum atomic E-state index is 12.8. The van der Waals surface area contributed by atoms with Crippen LogP contribution >= 0.6 is 0 Å². The molecule has 1 aromatic carbocycles. The lowest BCUT2D eigenvalue weighted by Crippen LogP contribution is -2.21. The number of aryl methyl sites for hydroxylation is 2. The van der Waals surface area contributed by atoms with Crippen LogP contribution in [0.2, 0.25) is 0 Å². The normalized spacial score (nSPS) is 11.9. The monoisotopic (exact) mass is 243 g/mol. The molecular formula is C10H10FNO5. The van der Waals surface area contributed by atoms with Crippen molar-refractivity contribution in [1.82, 2.24) is 0 Å². The number of ether oxygens (including phenoxy) is 1. The van der Waals surface area contributed by atoms with Gasteiger partial charge in [0.25, 0.3) is 5.69 Å². The number of benzene rings is 1. The van der Waals surface area contributed by atoms with E-state index in [1.807, 2.05) is 0 Å². The van der Waals surface area contributed by atoms with E-state index in [1.165, 1.54) is 26.0 Å². The zero-order chi connectivity index (χ0) is 13.2. The number of alkyl halides is 1. The fourth-order valence-electron chi connectivity index (χ4n) is 1.26. The molecule has 0 aliphatic carbocycles. The zero-order valence-electron chi connectivity index (χ0n) is 9.14. The molecule has 1 aromatic rings. The number of nitro groups is 1. The number of halogens is 1. The van der Waals surface area contributed by atoms with E-state index in [2.05, 4.69) is 4.74 Å². The number of aliphatic carboxylic acids is 1. The molecule has 7 heteroatoms. The number of carbonyl (C=O) groups is 1. The van der Waals surface area contributed by atoms with Gasteiger partial charge in [-0.3, -0.25) is 10.1 Å². The second kappa shape index (κ2) is 4.77. The van der Waals surface area contributed by atoms with E-state index in [0.29, 0.717) is 5.56 Å². The molecule has 17 heavy (non-hydrogen) atoms. The Kier molecular flexibility index (Phi) is 3.62. The van der Waals surface area contributed by atoms with Gasteiger partial charge in [-0.15, -0.1) is 0 Å². The highest BCUT2D eigenvalue weighted by atomic mass is 19.1. The van der Waals surface area contributed by atoms with Crippen molar-refractivity contribution in [1.29, 1.82) is 0 Å². The molecule has 0 heterocycles. The van der Waals surface area contributed by atoms with Crippen molar-refractivity contribution < 1.29 is 24.0 Å². The molecule has 1 rings (SSSR count). The summed E-state index contributed by atoms with van der Waals surface area (Å²) in [5.41, 5.74) is 0.444. The predicted octanol–water partition coefficient (Wildman–Crippen LogP) is 1.97. The first-order valence-corrected chi connectivity index (χ1v) is 4.62. The standard InChI is InChI=1S/C10H10FNO5/c1-5-4-8(17-9(11)10(13)14)6(2)3-7(5)12(15)16/h3-4,9H,1-2H3,(H,13,14). The highest BCUT2D eigenvalue weighted by molar-refractivity contribution is 5.71. The lowest BCUT2D eigenvalue weighted by atomic mass is 10.1. The predicted molar refractivity (Wildman–Crippen MR) is 55.7 cm³/mol. The summed E-state index contributed by atoms with van der Waals surface area (Å²) in [6.07, 6.45) is -2.49. The van der Waals surface area contributed by atoms with Gasteiger partial charge in [-0.25, -0.2) is 4.79 Å². The Morgan fingerprint density at radius 3 is 2.53 bits per heavy atom. The van der Waals surface area contributed by atoms with E-state index in [1.54, 1.807) is 0 Å². The highest BCUT2D eigenvalue weighted by Crippen LogP contribution is 2.28. The Balaban J connectivity index is 3.08. The van der Waals surface area contributed by atoms with Crippen LogP contribution in [0.5, 0.6) is 5.75 Å². The van der Waals surface area contributed by atoms with E-state index in [-0.39, 0.29) is 17.0 Å². The molecule has 0 saturated heterocycles. The van der Waals surface area contributed by atoms with Crippen molar-refractivity contribution in [2.75, 3.05) is 0 Å². The Hall–Kier alpha value is -2.18.